The summed E-state index contributed by atoms with van der Waals surface area (Å²) in [5, 5.41) is 12.1. The second-order valence-electron chi connectivity index (χ2n) is 15.5. The average Bonchev–Trinajstić information content (AvgIpc) is 2.91. The van der Waals surface area contributed by atoms with E-state index in [1.165, 1.54) is 65.6 Å². The van der Waals surface area contributed by atoms with E-state index in [0.717, 1.165) is 17.2 Å². The number of carbonyl (C=O) groups excluding carboxylic acids is 1. The van der Waals surface area contributed by atoms with Crippen molar-refractivity contribution in [3.63, 3.8) is 0 Å². The van der Waals surface area contributed by atoms with Crippen molar-refractivity contribution < 1.29 is 30.0 Å². The van der Waals surface area contributed by atoms with Gasteiger partial charge in [-0.05, 0) is 52.1 Å². The van der Waals surface area contributed by atoms with Crippen LogP contribution in [-0.4, -0.2) is 15.9 Å². The smallest absolute Gasteiger partial charge is 0.164 e. The van der Waals surface area contributed by atoms with Gasteiger partial charge in [-0.15, -0.1) is 34.9 Å². The van der Waals surface area contributed by atoms with Crippen LogP contribution in [0.2, 0.25) is 0 Å². The van der Waals surface area contributed by atoms with Gasteiger partial charge >= 0.3 is 0 Å². The van der Waals surface area contributed by atoms with E-state index in [2.05, 4.69) is 77.1 Å². The summed E-state index contributed by atoms with van der Waals surface area (Å²) >= 11 is 0. The molecular weight excluding hydrogens is 707 g/mol. The molecule has 1 atom stereocenters. The van der Waals surface area contributed by atoms with Gasteiger partial charge in [0.2, 0.25) is 0 Å². The molecule has 1 aliphatic rings. The fourth-order valence-corrected chi connectivity index (χ4v) is 5.34. The first-order valence-corrected chi connectivity index (χ1v) is 15.8. The Bertz CT molecular complexity index is 1410. The summed E-state index contributed by atoms with van der Waals surface area (Å²) in [6, 6.07) is 17.3. The maximum absolute atomic E-state index is 11.5. The number of ketones is 1. The summed E-state index contributed by atoms with van der Waals surface area (Å²) < 4.78 is 0. The van der Waals surface area contributed by atoms with E-state index >= 15 is 0 Å². The molecule has 0 amide bonds. The molecular formula is C39H54IrNO2-. The van der Waals surface area contributed by atoms with Gasteiger partial charge in [0, 0.05) is 43.2 Å². The van der Waals surface area contributed by atoms with E-state index in [4.69, 9.17) is 4.98 Å². The maximum atomic E-state index is 11.5. The Kier molecular flexibility index (Phi) is 12.6. The molecule has 2 aromatic carbocycles. The number of hydrogen-bond donors (Lipinski definition) is 1. The van der Waals surface area contributed by atoms with Crippen molar-refractivity contribution in [2.75, 3.05) is 0 Å². The molecule has 4 heteroatoms. The van der Waals surface area contributed by atoms with Crippen LogP contribution in [-0.2, 0) is 30.3 Å². The van der Waals surface area contributed by atoms with Gasteiger partial charge in [-0.3, -0.25) is 4.79 Å². The number of aromatic nitrogens is 1. The van der Waals surface area contributed by atoms with Crippen molar-refractivity contribution in [2.45, 2.75) is 120 Å². The molecule has 3 nitrogen and oxygen atoms in total. The number of fused-ring (bicyclic) bond motifs is 1. The molecule has 1 aromatic heterocycles. The largest absolute Gasteiger partial charge is 0.512 e. The van der Waals surface area contributed by atoms with Crippen LogP contribution in [0.4, 0.5) is 0 Å². The fourth-order valence-electron chi connectivity index (χ4n) is 5.34. The number of aliphatic hydroxyl groups is 1. The Hall–Kier alpha value is -2.29. The van der Waals surface area contributed by atoms with Gasteiger partial charge in [0.05, 0.1) is 0 Å². The van der Waals surface area contributed by atoms with Gasteiger partial charge < -0.3 is 10.1 Å². The van der Waals surface area contributed by atoms with Crippen LogP contribution >= 0.6 is 0 Å². The molecule has 1 saturated carbocycles. The normalized spacial score (nSPS) is 15.7. The summed E-state index contributed by atoms with van der Waals surface area (Å²) in [6.07, 6.45) is 10.3. The van der Waals surface area contributed by atoms with Crippen molar-refractivity contribution in [1.82, 2.24) is 4.98 Å². The zero-order valence-electron chi connectivity index (χ0n) is 28.4. The Morgan fingerprint density at radius 2 is 1.53 bits per heavy atom. The minimum Gasteiger partial charge on any atom is -0.512 e. The third-order valence-electron chi connectivity index (χ3n) is 8.55. The molecule has 43 heavy (non-hydrogen) atoms. The first-order valence-electron chi connectivity index (χ1n) is 15.8. The van der Waals surface area contributed by atoms with Crippen LogP contribution in [0.5, 0.6) is 0 Å². The molecule has 1 heterocycles. The maximum Gasteiger partial charge on any atom is 0.164 e. The van der Waals surface area contributed by atoms with Crippen molar-refractivity contribution in [3.05, 3.63) is 77.2 Å². The molecule has 1 unspecified atom stereocenters. The number of nitrogens with zero attached hydrogens (tertiary/aromatic N) is 1. The van der Waals surface area contributed by atoms with Crippen LogP contribution in [0.3, 0.4) is 0 Å². The van der Waals surface area contributed by atoms with Crippen molar-refractivity contribution in [3.8, 4) is 11.3 Å². The van der Waals surface area contributed by atoms with E-state index < -0.39 is 5.41 Å². The average molecular weight is 761 g/mol. The Labute approximate surface area is 275 Å². The van der Waals surface area contributed by atoms with Crippen LogP contribution in [0.15, 0.2) is 54.4 Å². The SMILES string of the molecule is CC(C)(C)C(=O)/C=C(\O)C(C)(C)C.Cc1[c-]c(-c2cc3cc(C(C)C4CCCCC4)ccc3cn2)cc(C(C)(C)C)c1.[Ir]. The predicted octanol–water partition coefficient (Wildman–Crippen LogP) is 11.1. The Balaban J connectivity index is 0.000000394. The molecule has 0 saturated heterocycles. The number of pyridine rings is 1. The summed E-state index contributed by atoms with van der Waals surface area (Å²) in [4.78, 5) is 16.3. The number of aliphatic hydroxyl groups excluding tert-OH is 1. The zero-order chi connectivity index (χ0) is 31.5. The Morgan fingerprint density at radius 1 is 0.907 bits per heavy atom. The van der Waals surface area contributed by atoms with Gasteiger partial charge in [-0.1, -0.05) is 120 Å². The fraction of sp³-hybridized carbons (Fsp3) is 0.538. The topological polar surface area (TPSA) is 50.2 Å². The van der Waals surface area contributed by atoms with Gasteiger partial charge in [0.1, 0.15) is 5.76 Å². The summed E-state index contributed by atoms with van der Waals surface area (Å²) in [5.74, 6) is 1.57. The number of allylic oxidation sites excluding steroid dienone is 2. The second-order valence-corrected chi connectivity index (χ2v) is 15.5. The predicted molar refractivity (Wildman–Crippen MR) is 179 cm³/mol. The van der Waals surface area contributed by atoms with Gasteiger partial charge in [0.25, 0.3) is 0 Å². The van der Waals surface area contributed by atoms with Crippen molar-refractivity contribution in [1.29, 1.82) is 0 Å². The van der Waals surface area contributed by atoms with Crippen LogP contribution in [0.25, 0.3) is 22.0 Å². The third-order valence-corrected chi connectivity index (χ3v) is 8.55. The molecule has 0 aliphatic heterocycles. The van der Waals surface area contributed by atoms with E-state index in [1.54, 1.807) is 0 Å². The van der Waals surface area contributed by atoms with Crippen molar-refractivity contribution in [2.24, 2.45) is 16.7 Å². The molecule has 0 bridgehead atoms. The first-order chi connectivity index (χ1) is 19.4. The summed E-state index contributed by atoms with van der Waals surface area (Å²) in [5.41, 5.74) is 5.47. The van der Waals surface area contributed by atoms with E-state index in [1.807, 2.05) is 47.7 Å². The standard InChI is InChI=1S/C28H34N.C11H20O2.Ir/c1-19-13-25(16-26(14-19)28(3,4)5)27-17-24-15-22(11-12-23(24)18-29-27)20(2)21-9-7-6-8-10-21;1-10(2,3)8(12)7-9(13)11(4,5)6;/h11-12,14-18,20-21H,6-10H2,1-5H3;7,12H,1-6H3;/q-1;;/b;8-7-;. The summed E-state index contributed by atoms with van der Waals surface area (Å²) in [6.45, 7) is 22.4. The van der Waals surface area contributed by atoms with E-state index in [-0.39, 0.29) is 42.5 Å². The van der Waals surface area contributed by atoms with Crippen LogP contribution < -0.4 is 0 Å². The quantitative estimate of drug-likeness (QED) is 0.164. The number of benzene rings is 2. The molecule has 1 radical (unpaired) electrons. The molecule has 3 aromatic rings. The number of carbonyl (C=O) groups is 1. The minimum absolute atomic E-state index is 0. The molecule has 1 fully saturated rings. The van der Waals surface area contributed by atoms with Gasteiger partial charge in [-0.2, -0.15) is 0 Å². The molecule has 4 rings (SSSR count). The first kappa shape index (κ1) is 36.9. The molecule has 237 valence electrons. The molecule has 1 N–H and O–H groups in total. The zero-order valence-corrected chi connectivity index (χ0v) is 30.8. The van der Waals surface area contributed by atoms with Gasteiger partial charge in [0.15, 0.2) is 5.78 Å². The van der Waals surface area contributed by atoms with Crippen LogP contribution in [0.1, 0.15) is 124 Å². The monoisotopic (exact) mass is 761 g/mol. The minimum atomic E-state index is -0.417. The number of hydrogen-bond acceptors (Lipinski definition) is 3. The Morgan fingerprint density at radius 3 is 2.09 bits per heavy atom. The molecule has 0 spiro atoms. The van der Waals surface area contributed by atoms with E-state index in [0.29, 0.717) is 5.92 Å². The third kappa shape index (κ3) is 10.4. The summed E-state index contributed by atoms with van der Waals surface area (Å²) in [7, 11) is 0. The van der Waals surface area contributed by atoms with Gasteiger partial charge in [-0.25, -0.2) is 0 Å². The number of rotatable bonds is 4. The van der Waals surface area contributed by atoms with Crippen LogP contribution in [0, 0.1) is 29.7 Å². The second kappa shape index (κ2) is 14.7. The van der Waals surface area contributed by atoms with Crippen molar-refractivity contribution >= 4 is 16.6 Å². The molecule has 1 aliphatic carbocycles. The number of aryl methyl sites for hydroxylation is 1. The van der Waals surface area contributed by atoms with E-state index in [9.17, 15) is 9.90 Å².